The van der Waals surface area contributed by atoms with Gasteiger partial charge in [0, 0.05) is 15.6 Å². The zero-order valence-corrected chi connectivity index (χ0v) is 11.7. The van der Waals surface area contributed by atoms with Crippen LogP contribution >= 0.6 is 15.9 Å². The predicted molar refractivity (Wildman–Crippen MR) is 69.2 cm³/mol. The molecule has 2 N–H and O–H groups in total. The standard InChI is InChI=1S/C12H18BrNO2/c1-12(2,14)7-9-10(15-3)5-8(13)6-11(9)16-4/h5-6H,7,14H2,1-4H3. The maximum atomic E-state index is 6.03. The minimum Gasteiger partial charge on any atom is -0.496 e. The molecule has 0 bridgehead atoms. The average molecular weight is 288 g/mol. The number of nitrogens with two attached hydrogens (primary N) is 1. The molecule has 0 heterocycles. The molecule has 0 fully saturated rings. The van der Waals surface area contributed by atoms with Crippen molar-refractivity contribution in [2.24, 2.45) is 5.73 Å². The van der Waals surface area contributed by atoms with Crippen molar-refractivity contribution in [1.82, 2.24) is 0 Å². The second-order valence-corrected chi connectivity index (χ2v) is 5.37. The molecule has 1 aromatic rings. The van der Waals surface area contributed by atoms with Crippen molar-refractivity contribution in [3.05, 3.63) is 22.2 Å². The van der Waals surface area contributed by atoms with E-state index in [-0.39, 0.29) is 5.54 Å². The summed E-state index contributed by atoms with van der Waals surface area (Å²) in [6, 6.07) is 3.84. The highest BCUT2D eigenvalue weighted by molar-refractivity contribution is 9.10. The van der Waals surface area contributed by atoms with Crippen LogP contribution in [0, 0.1) is 0 Å². The van der Waals surface area contributed by atoms with Gasteiger partial charge in [-0.1, -0.05) is 15.9 Å². The number of hydrogen-bond acceptors (Lipinski definition) is 3. The molecule has 0 aromatic heterocycles. The molecule has 1 rings (SSSR count). The summed E-state index contributed by atoms with van der Waals surface area (Å²) in [6.07, 6.45) is 0.701. The molecule has 4 heteroatoms. The van der Waals surface area contributed by atoms with Gasteiger partial charge in [0.15, 0.2) is 0 Å². The van der Waals surface area contributed by atoms with Crippen molar-refractivity contribution in [3.8, 4) is 11.5 Å². The van der Waals surface area contributed by atoms with E-state index in [0.29, 0.717) is 6.42 Å². The number of halogens is 1. The third-order valence-corrected chi connectivity index (χ3v) is 2.66. The molecule has 0 aliphatic rings. The van der Waals surface area contributed by atoms with Gasteiger partial charge in [0.25, 0.3) is 0 Å². The van der Waals surface area contributed by atoms with E-state index in [0.717, 1.165) is 21.5 Å². The summed E-state index contributed by atoms with van der Waals surface area (Å²) in [5.41, 5.74) is 6.73. The lowest BCUT2D eigenvalue weighted by atomic mass is 9.95. The maximum Gasteiger partial charge on any atom is 0.126 e. The van der Waals surface area contributed by atoms with Crippen molar-refractivity contribution in [1.29, 1.82) is 0 Å². The van der Waals surface area contributed by atoms with Gasteiger partial charge in [-0.2, -0.15) is 0 Å². The van der Waals surface area contributed by atoms with Crippen LogP contribution in [-0.4, -0.2) is 19.8 Å². The first-order chi connectivity index (χ1) is 7.37. The summed E-state index contributed by atoms with van der Waals surface area (Å²) in [4.78, 5) is 0. The third-order valence-electron chi connectivity index (χ3n) is 2.21. The monoisotopic (exact) mass is 287 g/mol. The van der Waals surface area contributed by atoms with E-state index in [1.165, 1.54) is 0 Å². The molecule has 0 aliphatic carbocycles. The molecule has 0 unspecified atom stereocenters. The van der Waals surface area contributed by atoms with E-state index < -0.39 is 0 Å². The fourth-order valence-electron chi connectivity index (χ4n) is 1.58. The Bertz CT molecular complexity index is 347. The third kappa shape index (κ3) is 3.39. The normalized spacial score (nSPS) is 11.4. The van der Waals surface area contributed by atoms with Crippen LogP contribution in [0.5, 0.6) is 11.5 Å². The van der Waals surface area contributed by atoms with Gasteiger partial charge in [0.2, 0.25) is 0 Å². The van der Waals surface area contributed by atoms with Crippen LogP contribution in [0.3, 0.4) is 0 Å². The molecule has 0 saturated carbocycles. The Balaban J connectivity index is 3.22. The molecule has 0 amide bonds. The quantitative estimate of drug-likeness (QED) is 0.926. The molecule has 0 saturated heterocycles. The van der Waals surface area contributed by atoms with Gasteiger partial charge in [-0.25, -0.2) is 0 Å². The van der Waals surface area contributed by atoms with Gasteiger partial charge >= 0.3 is 0 Å². The van der Waals surface area contributed by atoms with Crippen molar-refractivity contribution in [2.75, 3.05) is 14.2 Å². The van der Waals surface area contributed by atoms with Gasteiger partial charge in [0.05, 0.1) is 14.2 Å². The number of hydrogen-bond donors (Lipinski definition) is 1. The Morgan fingerprint density at radius 3 is 1.94 bits per heavy atom. The number of rotatable bonds is 4. The molecular weight excluding hydrogens is 270 g/mol. The fourth-order valence-corrected chi connectivity index (χ4v) is 2.00. The average Bonchev–Trinajstić information content (AvgIpc) is 2.18. The van der Waals surface area contributed by atoms with Crippen molar-refractivity contribution >= 4 is 15.9 Å². The van der Waals surface area contributed by atoms with Gasteiger partial charge in [0.1, 0.15) is 11.5 Å². The second-order valence-electron chi connectivity index (χ2n) is 4.45. The minimum absolute atomic E-state index is 0.297. The summed E-state index contributed by atoms with van der Waals surface area (Å²) in [5.74, 6) is 1.59. The van der Waals surface area contributed by atoms with Crippen LogP contribution in [0.25, 0.3) is 0 Å². The molecule has 1 aromatic carbocycles. The highest BCUT2D eigenvalue weighted by Gasteiger charge is 2.19. The summed E-state index contributed by atoms with van der Waals surface area (Å²) >= 11 is 3.42. The Morgan fingerprint density at radius 2 is 1.62 bits per heavy atom. The second kappa shape index (κ2) is 5.06. The van der Waals surface area contributed by atoms with Crippen LogP contribution in [0.1, 0.15) is 19.4 Å². The Hall–Kier alpha value is -0.740. The van der Waals surface area contributed by atoms with Gasteiger partial charge in [-0.3, -0.25) is 0 Å². The lowest BCUT2D eigenvalue weighted by Crippen LogP contribution is -2.34. The fraction of sp³-hybridized carbons (Fsp3) is 0.500. The first-order valence-corrected chi connectivity index (χ1v) is 5.86. The lowest BCUT2D eigenvalue weighted by Gasteiger charge is -2.22. The lowest BCUT2D eigenvalue weighted by molar-refractivity contribution is 0.375. The number of ether oxygens (including phenoxy) is 2. The molecule has 0 aliphatic heterocycles. The largest absolute Gasteiger partial charge is 0.496 e. The first-order valence-electron chi connectivity index (χ1n) is 5.06. The zero-order valence-electron chi connectivity index (χ0n) is 10.1. The van der Waals surface area contributed by atoms with E-state index >= 15 is 0 Å². The van der Waals surface area contributed by atoms with Crippen LogP contribution in [0.2, 0.25) is 0 Å². The summed E-state index contributed by atoms with van der Waals surface area (Å²) in [6.45, 7) is 3.96. The topological polar surface area (TPSA) is 44.5 Å². The van der Waals surface area contributed by atoms with Crippen molar-refractivity contribution < 1.29 is 9.47 Å². The predicted octanol–water partition coefficient (Wildman–Crippen LogP) is 2.75. The Kier molecular flexibility index (Phi) is 4.21. The van der Waals surface area contributed by atoms with E-state index in [9.17, 15) is 0 Å². The van der Waals surface area contributed by atoms with Crippen molar-refractivity contribution in [2.45, 2.75) is 25.8 Å². The molecule has 90 valence electrons. The zero-order chi connectivity index (χ0) is 12.3. The summed E-state index contributed by atoms with van der Waals surface area (Å²) in [7, 11) is 3.29. The first kappa shape index (κ1) is 13.3. The highest BCUT2D eigenvalue weighted by Crippen LogP contribution is 2.34. The van der Waals surface area contributed by atoms with Crippen LogP contribution in [-0.2, 0) is 6.42 Å². The Labute approximate surface area is 105 Å². The van der Waals surface area contributed by atoms with Gasteiger partial charge in [-0.15, -0.1) is 0 Å². The van der Waals surface area contributed by atoms with Gasteiger partial charge < -0.3 is 15.2 Å². The molecule has 16 heavy (non-hydrogen) atoms. The van der Waals surface area contributed by atoms with Crippen molar-refractivity contribution in [3.63, 3.8) is 0 Å². The molecule has 0 radical (unpaired) electrons. The van der Waals surface area contributed by atoms with E-state index in [1.54, 1.807) is 14.2 Å². The SMILES string of the molecule is COc1cc(Br)cc(OC)c1CC(C)(C)N. The smallest absolute Gasteiger partial charge is 0.126 e. The molecule has 0 atom stereocenters. The molecule has 3 nitrogen and oxygen atoms in total. The van der Waals surface area contributed by atoms with Crippen LogP contribution in [0.4, 0.5) is 0 Å². The van der Waals surface area contributed by atoms with Gasteiger partial charge in [-0.05, 0) is 32.4 Å². The minimum atomic E-state index is -0.297. The van der Waals surface area contributed by atoms with E-state index in [2.05, 4.69) is 15.9 Å². The van der Waals surface area contributed by atoms with E-state index in [4.69, 9.17) is 15.2 Å². The highest BCUT2D eigenvalue weighted by atomic mass is 79.9. The molecule has 0 spiro atoms. The maximum absolute atomic E-state index is 6.03. The number of benzene rings is 1. The van der Waals surface area contributed by atoms with Crippen LogP contribution in [0.15, 0.2) is 16.6 Å². The van der Waals surface area contributed by atoms with E-state index in [1.807, 2.05) is 26.0 Å². The summed E-state index contributed by atoms with van der Waals surface area (Å²) in [5, 5.41) is 0. The molecular formula is C12H18BrNO2. The Morgan fingerprint density at radius 1 is 1.19 bits per heavy atom. The summed E-state index contributed by atoms with van der Waals surface area (Å²) < 4.78 is 11.6. The van der Waals surface area contributed by atoms with Crippen LogP contribution < -0.4 is 15.2 Å². The number of methoxy groups -OCH3 is 2.